The van der Waals surface area contributed by atoms with Crippen LogP contribution in [-0.2, 0) is 59.6 Å². The number of aliphatic hydroxyl groups is 2. The highest BCUT2D eigenvalue weighted by atomic mass is 32.2. The number of sulfonamides is 2. The monoisotopic (exact) mass is 1160 g/mol. The molecule has 4 heterocycles. The summed E-state index contributed by atoms with van der Waals surface area (Å²) in [5.41, 5.74) is 13.6. The molecule has 83 heavy (non-hydrogen) atoms. The fourth-order valence-electron chi connectivity index (χ4n) is 8.74. The van der Waals surface area contributed by atoms with Crippen LogP contribution in [0, 0.1) is 30.6 Å². The van der Waals surface area contributed by atoms with Crippen molar-refractivity contribution < 1.29 is 36.5 Å². The molecule has 0 aliphatic heterocycles. The van der Waals surface area contributed by atoms with Crippen LogP contribution in [0.1, 0.15) is 97.4 Å². The molecule has 0 aliphatic rings. The number of benzene rings is 4. The molecule has 8 aromatic rings. The van der Waals surface area contributed by atoms with Crippen LogP contribution in [0.3, 0.4) is 0 Å². The maximum atomic E-state index is 13.1. The van der Waals surface area contributed by atoms with Crippen LogP contribution in [0.4, 0.5) is 11.6 Å². The quantitative estimate of drug-likeness (QED) is 0.0245. The molecule has 0 aliphatic carbocycles. The zero-order chi connectivity index (χ0) is 60.1. The number of nitrogens with one attached hydrogen (secondary N) is 5. The molecule has 9 N–H and O–H groups in total. The van der Waals surface area contributed by atoms with Crippen molar-refractivity contribution >= 4 is 37.5 Å². The fraction of sp³-hybridized carbons (Fsp3) is 0.258. The Morgan fingerprint density at radius 2 is 1.02 bits per heavy atom. The van der Waals surface area contributed by atoms with Gasteiger partial charge in [0.15, 0.2) is 0 Å². The predicted molar refractivity (Wildman–Crippen MR) is 321 cm³/mol. The molecule has 0 saturated heterocycles. The number of nitrogen functional groups attached to an aromatic ring is 1. The van der Waals surface area contributed by atoms with E-state index in [2.05, 4.69) is 46.1 Å². The van der Waals surface area contributed by atoms with Crippen LogP contribution in [0.25, 0.3) is 22.3 Å². The largest absolute Gasteiger partial charge is 0.487 e. The molecule has 4 aromatic heterocycles. The van der Waals surface area contributed by atoms with Crippen molar-refractivity contribution in [1.82, 2.24) is 29.4 Å². The second kappa shape index (κ2) is 27.0. The molecule has 0 unspecified atom stereocenters. The third-order valence-corrected chi connectivity index (χ3v) is 16.1. The lowest BCUT2D eigenvalue weighted by Crippen LogP contribution is -2.40. The van der Waals surface area contributed by atoms with Gasteiger partial charge in [-0.15, -0.1) is 0 Å². The number of ether oxygens (including phenoxy) is 2. The Balaban J connectivity index is 0.000000239. The van der Waals surface area contributed by atoms with E-state index in [1.807, 2.05) is 44.2 Å². The van der Waals surface area contributed by atoms with Crippen molar-refractivity contribution in [3.05, 3.63) is 202 Å². The molecule has 0 spiro atoms. The van der Waals surface area contributed by atoms with Crippen LogP contribution < -0.4 is 35.3 Å². The molecule has 19 nitrogen and oxygen atoms in total. The number of nitriles is 1. The molecule has 0 fully saturated rings. The number of aromatic nitrogens is 4. The standard InChI is InChI=1S/C31H36N6O4S.C31H33N5O4S/c1-20-29(41-19-21-8-7-9-22(14-21)30(32)33)26(18-38)24(16-34-20)17-36-28-13-12-23(15-35-28)25-10-5-6-11-27(25)42(39,40)37-31(2,3)4;1-21-30(40-20-23-9-7-8-22(14-23)15-32)27(19-37)25(17-33-21)18-35-29-13-12-24(16-34-29)26-10-5-6-11-28(26)41(38,39)36-31(2,3)4/h5-16,37-38H,17-19H2,1-4H3,(H3,32,33)(H,35,36);5-14,16-17,36-37H,18-20H2,1-4H3,(H,34,35). The van der Waals surface area contributed by atoms with Gasteiger partial charge in [-0.1, -0.05) is 66.7 Å². The number of pyridine rings is 4. The summed E-state index contributed by atoms with van der Waals surface area (Å²) in [5.74, 6) is 2.11. The smallest absolute Gasteiger partial charge is 0.241 e. The maximum Gasteiger partial charge on any atom is 0.241 e. The van der Waals surface area contributed by atoms with Gasteiger partial charge < -0.3 is 36.1 Å². The molecule has 0 saturated carbocycles. The lowest BCUT2D eigenvalue weighted by molar-refractivity contribution is 0.255. The molecular formula is C62H69N11O8S2. The first-order valence-corrected chi connectivity index (χ1v) is 29.4. The van der Waals surface area contributed by atoms with E-state index in [1.165, 1.54) is 0 Å². The number of nitrogens with zero attached hydrogens (tertiary/aromatic N) is 5. The van der Waals surface area contributed by atoms with Crippen molar-refractivity contribution in [3.63, 3.8) is 0 Å². The van der Waals surface area contributed by atoms with Crippen molar-refractivity contribution in [1.29, 1.82) is 10.7 Å². The van der Waals surface area contributed by atoms with Crippen LogP contribution in [-0.4, -0.2) is 63.9 Å². The second-order valence-electron chi connectivity index (χ2n) is 21.4. The lowest BCUT2D eigenvalue weighted by Gasteiger charge is -2.21. The van der Waals surface area contributed by atoms with Crippen molar-refractivity contribution in [2.24, 2.45) is 5.73 Å². The zero-order valence-electron chi connectivity index (χ0n) is 47.6. The molecule has 432 valence electrons. The Kier molecular flexibility index (Phi) is 20.1. The predicted octanol–water partition coefficient (Wildman–Crippen LogP) is 9.58. The first-order chi connectivity index (χ1) is 39.4. The topological polar surface area (TPSA) is 301 Å². The summed E-state index contributed by atoms with van der Waals surface area (Å²) >= 11 is 0. The first-order valence-electron chi connectivity index (χ1n) is 26.4. The van der Waals surface area contributed by atoms with Gasteiger partial charge in [0.1, 0.15) is 42.2 Å². The Morgan fingerprint density at radius 3 is 1.42 bits per heavy atom. The third-order valence-electron chi connectivity index (χ3n) is 12.5. The van der Waals surface area contributed by atoms with Crippen LogP contribution >= 0.6 is 0 Å². The average molecular weight is 1160 g/mol. The van der Waals surface area contributed by atoms with Gasteiger partial charge in [0.25, 0.3) is 0 Å². The Bertz CT molecular complexity index is 3860. The summed E-state index contributed by atoms with van der Waals surface area (Å²) in [6.45, 7) is 15.0. The van der Waals surface area contributed by atoms with Gasteiger partial charge in [-0.05, 0) is 132 Å². The van der Waals surface area contributed by atoms with Crippen molar-refractivity contribution in [3.8, 4) is 39.8 Å². The number of hydrogen-bond acceptors (Lipinski definition) is 16. The highest BCUT2D eigenvalue weighted by Crippen LogP contribution is 2.32. The van der Waals surface area contributed by atoms with Gasteiger partial charge in [-0.2, -0.15) is 5.26 Å². The van der Waals surface area contributed by atoms with E-state index in [1.54, 1.807) is 157 Å². The van der Waals surface area contributed by atoms with Crippen LogP contribution in [0.2, 0.25) is 0 Å². The van der Waals surface area contributed by atoms with Gasteiger partial charge >= 0.3 is 0 Å². The summed E-state index contributed by atoms with van der Waals surface area (Å²) in [6, 6.07) is 37.3. The number of hydrogen-bond donors (Lipinski definition) is 8. The minimum absolute atomic E-state index is 0.0211. The minimum Gasteiger partial charge on any atom is -0.487 e. The Hall–Kier alpha value is -8.62. The van der Waals surface area contributed by atoms with Crippen LogP contribution in [0.5, 0.6) is 11.5 Å². The summed E-state index contributed by atoms with van der Waals surface area (Å²) in [7, 11) is -7.49. The minimum atomic E-state index is -3.75. The maximum absolute atomic E-state index is 13.1. The summed E-state index contributed by atoms with van der Waals surface area (Å²) in [6.07, 6.45) is 6.62. The van der Waals surface area contributed by atoms with E-state index < -0.39 is 31.1 Å². The summed E-state index contributed by atoms with van der Waals surface area (Å²) in [5, 5.41) is 43.7. The highest BCUT2D eigenvalue weighted by molar-refractivity contribution is 7.90. The van der Waals surface area contributed by atoms with Gasteiger partial charge in [0, 0.05) is 87.9 Å². The SMILES string of the molecule is Cc1ncc(CNc2ccc(-c3ccccc3S(=O)(=O)NC(C)(C)C)cn2)c(CO)c1OCc1cccc(C#N)c1.Cc1ncc(CNc2ccc(-c3ccccc3S(=O)(=O)NC(C)(C)C)cn2)c(CO)c1OCc1cccc(C(=N)N)c1. The normalized spacial score (nSPS) is 11.7. The number of nitrogens with two attached hydrogens (primary N) is 1. The molecule has 0 amide bonds. The number of aliphatic hydroxyl groups excluding tert-OH is 2. The van der Waals surface area contributed by atoms with E-state index >= 15 is 0 Å². The Morgan fingerprint density at radius 1 is 0.590 bits per heavy atom. The molecule has 21 heteroatoms. The molecular weight excluding hydrogens is 1090 g/mol. The third kappa shape index (κ3) is 16.8. The van der Waals surface area contributed by atoms with E-state index in [0.29, 0.717) is 92.1 Å². The van der Waals surface area contributed by atoms with Gasteiger partial charge in [0.2, 0.25) is 20.0 Å². The van der Waals surface area contributed by atoms with E-state index in [9.17, 15) is 27.0 Å². The molecule has 8 rings (SSSR count). The van der Waals surface area contributed by atoms with Gasteiger partial charge in [-0.25, -0.2) is 36.2 Å². The van der Waals surface area contributed by atoms with Gasteiger partial charge in [-0.3, -0.25) is 15.4 Å². The van der Waals surface area contributed by atoms with E-state index in [0.717, 1.165) is 22.3 Å². The second-order valence-corrected chi connectivity index (χ2v) is 24.7. The molecule has 4 aromatic carbocycles. The molecule has 0 bridgehead atoms. The highest BCUT2D eigenvalue weighted by Gasteiger charge is 2.27. The summed E-state index contributed by atoms with van der Waals surface area (Å²) in [4.78, 5) is 18.2. The lowest BCUT2D eigenvalue weighted by atomic mass is 10.1. The Labute approximate surface area is 485 Å². The van der Waals surface area contributed by atoms with Gasteiger partial charge in [0.05, 0.1) is 46.0 Å². The number of anilines is 2. The first kappa shape index (κ1) is 62.0. The number of rotatable bonds is 21. The fourth-order valence-corrected chi connectivity index (χ4v) is 12.0. The summed E-state index contributed by atoms with van der Waals surface area (Å²) < 4.78 is 69.7. The molecule has 0 radical (unpaired) electrons. The van der Waals surface area contributed by atoms with E-state index in [4.69, 9.17) is 25.9 Å². The van der Waals surface area contributed by atoms with Crippen molar-refractivity contribution in [2.75, 3.05) is 10.6 Å². The molecule has 0 atom stereocenters. The van der Waals surface area contributed by atoms with Crippen molar-refractivity contribution in [2.45, 2.75) is 116 Å². The van der Waals surface area contributed by atoms with E-state index in [-0.39, 0.29) is 42.1 Å². The number of amidine groups is 1. The van der Waals surface area contributed by atoms with Crippen LogP contribution in [0.15, 0.2) is 156 Å². The number of aryl methyl sites for hydroxylation is 2. The zero-order valence-corrected chi connectivity index (χ0v) is 49.2. The average Bonchev–Trinajstić information content (AvgIpc) is 3.51.